The highest BCUT2D eigenvalue weighted by Crippen LogP contribution is 2.30. The highest BCUT2D eigenvalue weighted by atomic mass is 32.1. The molecule has 1 aliphatic heterocycles. The number of rotatable bonds is 2. The SMILES string of the molecule is Cc1ccc(-c2nnc3n2CCC(C(=O)O)C3)s1. The molecule has 3 rings (SSSR count). The van der Waals surface area contributed by atoms with Crippen LogP contribution >= 0.6 is 11.3 Å². The molecule has 5 nitrogen and oxygen atoms in total. The Morgan fingerprint density at radius 2 is 2.33 bits per heavy atom. The summed E-state index contributed by atoms with van der Waals surface area (Å²) in [6.45, 7) is 2.74. The van der Waals surface area contributed by atoms with Gasteiger partial charge in [-0.15, -0.1) is 21.5 Å². The van der Waals surface area contributed by atoms with Crippen LogP contribution in [0.5, 0.6) is 0 Å². The molecule has 1 N–H and O–H groups in total. The maximum atomic E-state index is 11.0. The molecule has 3 heterocycles. The van der Waals surface area contributed by atoms with Gasteiger partial charge in [-0.2, -0.15) is 0 Å². The molecule has 18 heavy (non-hydrogen) atoms. The van der Waals surface area contributed by atoms with Crippen molar-refractivity contribution in [3.63, 3.8) is 0 Å². The van der Waals surface area contributed by atoms with Gasteiger partial charge in [0.2, 0.25) is 0 Å². The minimum absolute atomic E-state index is 0.320. The van der Waals surface area contributed by atoms with E-state index in [0.717, 1.165) is 16.5 Å². The van der Waals surface area contributed by atoms with Gasteiger partial charge in [-0.05, 0) is 25.5 Å². The number of aliphatic carboxylic acids is 1. The van der Waals surface area contributed by atoms with E-state index in [0.29, 0.717) is 19.4 Å². The fourth-order valence-electron chi connectivity index (χ4n) is 2.28. The van der Waals surface area contributed by atoms with Crippen LogP contribution in [0.3, 0.4) is 0 Å². The fraction of sp³-hybridized carbons (Fsp3) is 0.417. The second kappa shape index (κ2) is 4.20. The van der Waals surface area contributed by atoms with Crippen LogP contribution in [0, 0.1) is 12.8 Å². The third-order valence-corrected chi connectivity index (χ3v) is 4.26. The zero-order chi connectivity index (χ0) is 12.7. The van der Waals surface area contributed by atoms with Crippen LogP contribution in [0.25, 0.3) is 10.7 Å². The van der Waals surface area contributed by atoms with Crippen molar-refractivity contribution in [2.45, 2.75) is 26.3 Å². The minimum Gasteiger partial charge on any atom is -0.481 e. The summed E-state index contributed by atoms with van der Waals surface area (Å²) in [5.74, 6) is 0.596. The molecule has 0 aromatic carbocycles. The molecule has 6 heteroatoms. The number of nitrogens with zero attached hydrogens (tertiary/aromatic N) is 3. The van der Waals surface area contributed by atoms with Gasteiger partial charge in [0.1, 0.15) is 5.82 Å². The molecule has 1 aliphatic rings. The zero-order valence-corrected chi connectivity index (χ0v) is 10.8. The average molecular weight is 263 g/mol. The second-order valence-electron chi connectivity index (χ2n) is 4.53. The molecule has 0 saturated carbocycles. The molecule has 1 unspecified atom stereocenters. The number of fused-ring (bicyclic) bond motifs is 1. The molecule has 0 spiro atoms. The summed E-state index contributed by atoms with van der Waals surface area (Å²) in [7, 11) is 0. The Morgan fingerprint density at radius 3 is 3.00 bits per heavy atom. The highest BCUT2D eigenvalue weighted by Gasteiger charge is 2.28. The molecule has 0 fully saturated rings. The Balaban J connectivity index is 1.95. The third kappa shape index (κ3) is 1.82. The van der Waals surface area contributed by atoms with E-state index in [9.17, 15) is 4.79 Å². The highest BCUT2D eigenvalue weighted by molar-refractivity contribution is 7.15. The fourth-order valence-corrected chi connectivity index (χ4v) is 3.14. The van der Waals surface area contributed by atoms with Gasteiger partial charge in [-0.25, -0.2) is 0 Å². The Labute approximate surface area is 108 Å². The lowest BCUT2D eigenvalue weighted by Gasteiger charge is -2.20. The van der Waals surface area contributed by atoms with Crippen molar-refractivity contribution in [2.24, 2.45) is 5.92 Å². The van der Waals surface area contributed by atoms with Crippen molar-refractivity contribution in [2.75, 3.05) is 0 Å². The molecule has 0 amide bonds. The van der Waals surface area contributed by atoms with Crippen LogP contribution in [0.4, 0.5) is 0 Å². The molecule has 2 aromatic rings. The lowest BCUT2D eigenvalue weighted by molar-refractivity contribution is -0.142. The Kier molecular flexibility index (Phi) is 2.66. The van der Waals surface area contributed by atoms with E-state index in [1.54, 1.807) is 11.3 Å². The number of carbonyl (C=O) groups is 1. The molecular weight excluding hydrogens is 250 g/mol. The van der Waals surface area contributed by atoms with Gasteiger partial charge in [0, 0.05) is 17.8 Å². The average Bonchev–Trinajstić information content (AvgIpc) is 2.93. The summed E-state index contributed by atoms with van der Waals surface area (Å²) in [4.78, 5) is 13.3. The predicted molar refractivity (Wildman–Crippen MR) is 67.5 cm³/mol. The van der Waals surface area contributed by atoms with E-state index < -0.39 is 5.97 Å². The predicted octanol–water partition coefficient (Wildman–Crippen LogP) is 1.96. The minimum atomic E-state index is -0.738. The molecule has 0 aliphatic carbocycles. The van der Waals surface area contributed by atoms with E-state index in [4.69, 9.17) is 5.11 Å². The van der Waals surface area contributed by atoms with Crippen molar-refractivity contribution in [3.8, 4) is 10.7 Å². The number of aryl methyl sites for hydroxylation is 1. The lowest BCUT2D eigenvalue weighted by atomic mass is 9.98. The number of aromatic nitrogens is 3. The number of hydrogen-bond acceptors (Lipinski definition) is 4. The largest absolute Gasteiger partial charge is 0.481 e. The van der Waals surface area contributed by atoms with Crippen LogP contribution in [0.15, 0.2) is 12.1 Å². The normalized spacial score (nSPS) is 18.6. The first kappa shape index (κ1) is 11.4. The quantitative estimate of drug-likeness (QED) is 0.899. The molecular formula is C12H13N3O2S. The number of thiophene rings is 1. The summed E-state index contributed by atoms with van der Waals surface area (Å²) in [5.41, 5.74) is 0. The van der Waals surface area contributed by atoms with Crippen LogP contribution in [0.1, 0.15) is 17.1 Å². The Hall–Kier alpha value is -1.69. The first-order valence-corrected chi connectivity index (χ1v) is 6.68. The van der Waals surface area contributed by atoms with Gasteiger partial charge in [0.25, 0.3) is 0 Å². The first-order chi connectivity index (χ1) is 8.65. The summed E-state index contributed by atoms with van der Waals surface area (Å²) in [6, 6.07) is 4.10. The van der Waals surface area contributed by atoms with E-state index in [2.05, 4.69) is 23.2 Å². The summed E-state index contributed by atoms with van der Waals surface area (Å²) < 4.78 is 2.05. The van der Waals surface area contributed by atoms with Crippen molar-refractivity contribution in [1.29, 1.82) is 0 Å². The van der Waals surface area contributed by atoms with Gasteiger partial charge in [0.15, 0.2) is 5.82 Å². The van der Waals surface area contributed by atoms with Crippen LogP contribution < -0.4 is 0 Å². The monoisotopic (exact) mass is 263 g/mol. The topological polar surface area (TPSA) is 68.0 Å². The molecule has 1 atom stereocenters. The molecule has 2 aromatic heterocycles. The van der Waals surface area contributed by atoms with Crippen molar-refractivity contribution in [3.05, 3.63) is 22.8 Å². The number of carboxylic acid groups (broad SMARTS) is 1. The van der Waals surface area contributed by atoms with Crippen LogP contribution in [0.2, 0.25) is 0 Å². The lowest BCUT2D eigenvalue weighted by Crippen LogP contribution is -2.25. The van der Waals surface area contributed by atoms with Crippen molar-refractivity contribution >= 4 is 17.3 Å². The Morgan fingerprint density at radius 1 is 1.50 bits per heavy atom. The van der Waals surface area contributed by atoms with E-state index in [1.165, 1.54) is 4.88 Å². The summed E-state index contributed by atoms with van der Waals surface area (Å²) >= 11 is 1.69. The molecule has 94 valence electrons. The van der Waals surface area contributed by atoms with Crippen molar-refractivity contribution in [1.82, 2.24) is 14.8 Å². The summed E-state index contributed by atoms with van der Waals surface area (Å²) in [5, 5.41) is 17.4. The van der Waals surface area contributed by atoms with Gasteiger partial charge in [-0.3, -0.25) is 4.79 Å². The number of carboxylic acids is 1. The molecule has 0 bridgehead atoms. The standard InChI is InChI=1S/C12H13N3O2S/c1-7-2-3-9(18-7)11-14-13-10-6-8(12(16)17)4-5-15(10)11/h2-3,8H,4-6H2,1H3,(H,16,17). The first-order valence-electron chi connectivity index (χ1n) is 5.87. The van der Waals surface area contributed by atoms with Gasteiger partial charge in [0.05, 0.1) is 10.8 Å². The zero-order valence-electron chi connectivity index (χ0n) is 9.96. The molecule has 0 radical (unpaired) electrons. The van der Waals surface area contributed by atoms with E-state index >= 15 is 0 Å². The summed E-state index contributed by atoms with van der Waals surface area (Å²) in [6.07, 6.45) is 1.13. The smallest absolute Gasteiger partial charge is 0.307 e. The van der Waals surface area contributed by atoms with Crippen LogP contribution in [-0.4, -0.2) is 25.8 Å². The van der Waals surface area contributed by atoms with Gasteiger partial charge < -0.3 is 9.67 Å². The maximum Gasteiger partial charge on any atom is 0.307 e. The van der Waals surface area contributed by atoms with E-state index in [-0.39, 0.29) is 5.92 Å². The second-order valence-corrected chi connectivity index (χ2v) is 5.82. The number of hydrogen-bond donors (Lipinski definition) is 1. The van der Waals surface area contributed by atoms with E-state index in [1.807, 2.05) is 10.6 Å². The van der Waals surface area contributed by atoms with Gasteiger partial charge >= 0.3 is 5.97 Å². The maximum absolute atomic E-state index is 11.0. The molecule has 0 saturated heterocycles. The van der Waals surface area contributed by atoms with Crippen molar-refractivity contribution < 1.29 is 9.90 Å². The van der Waals surface area contributed by atoms with Gasteiger partial charge in [-0.1, -0.05) is 0 Å². The third-order valence-electron chi connectivity index (χ3n) is 3.27. The van der Waals surface area contributed by atoms with Crippen LogP contribution in [-0.2, 0) is 17.8 Å². The Bertz CT molecular complexity index is 602.